The number of phenolic OH excluding ortho intramolecular Hbond substituents is 1. The van der Waals surface area contributed by atoms with E-state index in [-0.39, 0.29) is 15.8 Å². The topological polar surface area (TPSA) is 32.3 Å². The number of aryl methyl sites for hydroxylation is 2. The number of rotatable bonds is 3. The predicted octanol–water partition coefficient (Wildman–Crippen LogP) is 4.93. The Hall–Kier alpha value is -1.38. The molecule has 0 spiro atoms. The van der Waals surface area contributed by atoms with Crippen LogP contribution in [0.4, 0.5) is 5.69 Å². The molecule has 0 aliphatic heterocycles. The Bertz CT molecular complexity index is 588. The van der Waals surface area contributed by atoms with E-state index in [2.05, 4.69) is 37.4 Å². The molecule has 2 aromatic carbocycles. The fourth-order valence-corrected chi connectivity index (χ4v) is 2.40. The Morgan fingerprint density at radius 3 is 2.26 bits per heavy atom. The molecule has 2 rings (SSSR count). The maximum absolute atomic E-state index is 9.50. The number of halogens is 2. The molecule has 4 heteroatoms. The molecule has 0 bridgehead atoms. The zero-order chi connectivity index (χ0) is 14.0. The first-order valence-corrected chi connectivity index (χ1v) is 6.71. The monoisotopic (exact) mass is 295 g/mol. The van der Waals surface area contributed by atoms with Gasteiger partial charge in [-0.3, -0.25) is 0 Å². The van der Waals surface area contributed by atoms with Gasteiger partial charge < -0.3 is 10.4 Å². The molecule has 0 saturated carbocycles. The molecule has 0 aliphatic carbocycles. The van der Waals surface area contributed by atoms with Crippen LogP contribution < -0.4 is 5.32 Å². The summed E-state index contributed by atoms with van der Waals surface area (Å²) in [6.45, 7) is 4.84. The highest BCUT2D eigenvalue weighted by Crippen LogP contribution is 2.34. The molecule has 0 saturated heterocycles. The van der Waals surface area contributed by atoms with Crippen LogP contribution in [0.15, 0.2) is 30.3 Å². The normalized spacial score (nSPS) is 10.5. The van der Waals surface area contributed by atoms with Gasteiger partial charge >= 0.3 is 0 Å². The smallest absolute Gasteiger partial charge is 0.152 e. The zero-order valence-electron chi connectivity index (χ0n) is 10.8. The molecular formula is C15H15Cl2NO. The number of hydrogen-bond acceptors (Lipinski definition) is 2. The van der Waals surface area contributed by atoms with Crippen LogP contribution in [0.5, 0.6) is 5.75 Å². The third-order valence-electron chi connectivity index (χ3n) is 3.00. The van der Waals surface area contributed by atoms with Gasteiger partial charge in [-0.2, -0.15) is 0 Å². The van der Waals surface area contributed by atoms with Crippen molar-refractivity contribution < 1.29 is 5.11 Å². The SMILES string of the molecule is Cc1ccc(CNc2cc(Cl)c(O)c(Cl)c2)c(C)c1. The number of aromatic hydroxyl groups is 1. The second kappa shape index (κ2) is 5.72. The van der Waals surface area contributed by atoms with Gasteiger partial charge in [0.05, 0.1) is 10.0 Å². The summed E-state index contributed by atoms with van der Waals surface area (Å²) in [4.78, 5) is 0. The van der Waals surface area contributed by atoms with Crippen molar-refractivity contribution in [3.05, 3.63) is 57.1 Å². The van der Waals surface area contributed by atoms with E-state index in [1.54, 1.807) is 12.1 Å². The highest BCUT2D eigenvalue weighted by Gasteiger charge is 2.06. The van der Waals surface area contributed by atoms with Gasteiger partial charge in [0, 0.05) is 12.2 Å². The minimum atomic E-state index is -0.0830. The summed E-state index contributed by atoms with van der Waals surface area (Å²) in [5.74, 6) is -0.0830. The molecule has 0 unspecified atom stereocenters. The van der Waals surface area contributed by atoms with E-state index < -0.39 is 0 Å². The third kappa shape index (κ3) is 3.34. The van der Waals surface area contributed by atoms with Gasteiger partial charge in [0.25, 0.3) is 0 Å². The van der Waals surface area contributed by atoms with Gasteiger partial charge in [-0.15, -0.1) is 0 Å². The molecule has 0 aliphatic rings. The Morgan fingerprint density at radius 2 is 1.68 bits per heavy atom. The van der Waals surface area contributed by atoms with Crippen molar-refractivity contribution in [3.63, 3.8) is 0 Å². The zero-order valence-corrected chi connectivity index (χ0v) is 12.3. The van der Waals surface area contributed by atoms with Gasteiger partial charge in [0.2, 0.25) is 0 Å². The van der Waals surface area contributed by atoms with Gasteiger partial charge in [0.15, 0.2) is 5.75 Å². The van der Waals surface area contributed by atoms with Crippen molar-refractivity contribution in [2.45, 2.75) is 20.4 Å². The highest BCUT2D eigenvalue weighted by molar-refractivity contribution is 6.37. The average molecular weight is 296 g/mol. The second-order valence-corrected chi connectivity index (χ2v) is 5.39. The summed E-state index contributed by atoms with van der Waals surface area (Å²) in [5, 5.41) is 13.2. The maximum atomic E-state index is 9.50. The fraction of sp³-hybridized carbons (Fsp3) is 0.200. The summed E-state index contributed by atoms with van der Waals surface area (Å²) in [6.07, 6.45) is 0. The molecule has 2 nitrogen and oxygen atoms in total. The number of nitrogens with one attached hydrogen (secondary N) is 1. The van der Waals surface area contributed by atoms with Crippen LogP contribution in [0.3, 0.4) is 0 Å². The van der Waals surface area contributed by atoms with Gasteiger partial charge in [-0.1, -0.05) is 47.0 Å². The van der Waals surface area contributed by atoms with E-state index in [0.29, 0.717) is 6.54 Å². The van der Waals surface area contributed by atoms with Crippen molar-refractivity contribution >= 4 is 28.9 Å². The Morgan fingerprint density at radius 1 is 1.05 bits per heavy atom. The molecule has 2 aromatic rings. The lowest BCUT2D eigenvalue weighted by Gasteiger charge is -2.11. The number of benzene rings is 2. The summed E-state index contributed by atoms with van der Waals surface area (Å²) >= 11 is 11.8. The molecule has 2 N–H and O–H groups in total. The van der Waals surface area contributed by atoms with Crippen molar-refractivity contribution in [2.75, 3.05) is 5.32 Å². The summed E-state index contributed by atoms with van der Waals surface area (Å²) in [7, 11) is 0. The Kier molecular flexibility index (Phi) is 4.23. The van der Waals surface area contributed by atoms with Crippen LogP contribution in [0.2, 0.25) is 10.0 Å². The maximum Gasteiger partial charge on any atom is 0.152 e. The lowest BCUT2D eigenvalue weighted by atomic mass is 10.1. The fourth-order valence-electron chi connectivity index (χ4n) is 1.91. The van der Waals surface area contributed by atoms with Crippen LogP contribution in [0.1, 0.15) is 16.7 Å². The van der Waals surface area contributed by atoms with Crippen molar-refractivity contribution in [1.82, 2.24) is 0 Å². The summed E-state index contributed by atoms with van der Waals surface area (Å²) < 4.78 is 0. The number of anilines is 1. The summed E-state index contributed by atoms with van der Waals surface area (Å²) in [5.41, 5.74) is 4.49. The first-order valence-electron chi connectivity index (χ1n) is 5.95. The molecule has 0 fully saturated rings. The number of phenols is 1. The largest absolute Gasteiger partial charge is 0.505 e. The van der Waals surface area contributed by atoms with E-state index in [4.69, 9.17) is 23.2 Å². The third-order valence-corrected chi connectivity index (χ3v) is 3.57. The minimum absolute atomic E-state index is 0.0830. The first kappa shape index (κ1) is 14.0. The lowest BCUT2D eigenvalue weighted by Crippen LogP contribution is -2.01. The molecule has 0 heterocycles. The van der Waals surface area contributed by atoms with E-state index in [0.717, 1.165) is 5.69 Å². The quantitative estimate of drug-likeness (QED) is 0.787. The van der Waals surface area contributed by atoms with Crippen LogP contribution in [0, 0.1) is 13.8 Å². The molecule has 19 heavy (non-hydrogen) atoms. The molecule has 0 amide bonds. The van der Waals surface area contributed by atoms with Crippen molar-refractivity contribution in [3.8, 4) is 5.75 Å². The van der Waals surface area contributed by atoms with Gasteiger partial charge in [-0.05, 0) is 37.1 Å². The molecule has 0 radical (unpaired) electrons. The predicted molar refractivity (Wildman–Crippen MR) is 81.4 cm³/mol. The summed E-state index contributed by atoms with van der Waals surface area (Å²) in [6, 6.07) is 9.65. The lowest BCUT2D eigenvalue weighted by molar-refractivity contribution is 0.476. The van der Waals surface area contributed by atoms with E-state index in [9.17, 15) is 5.11 Å². The van der Waals surface area contributed by atoms with Crippen LogP contribution in [-0.2, 0) is 6.54 Å². The molecule has 100 valence electrons. The molecule has 0 atom stereocenters. The molecule has 0 aromatic heterocycles. The van der Waals surface area contributed by atoms with Crippen LogP contribution in [-0.4, -0.2) is 5.11 Å². The molecular weight excluding hydrogens is 281 g/mol. The minimum Gasteiger partial charge on any atom is -0.505 e. The first-order chi connectivity index (χ1) is 8.97. The highest BCUT2D eigenvalue weighted by atomic mass is 35.5. The van der Waals surface area contributed by atoms with E-state index in [1.807, 2.05) is 0 Å². The van der Waals surface area contributed by atoms with Crippen LogP contribution >= 0.6 is 23.2 Å². The average Bonchev–Trinajstić information content (AvgIpc) is 2.34. The van der Waals surface area contributed by atoms with Crippen molar-refractivity contribution in [2.24, 2.45) is 0 Å². The standard InChI is InChI=1S/C15H15Cl2NO/c1-9-3-4-11(10(2)5-9)8-18-12-6-13(16)15(19)14(17)7-12/h3-7,18-19H,8H2,1-2H3. The second-order valence-electron chi connectivity index (χ2n) is 4.57. The van der Waals surface area contributed by atoms with E-state index in [1.165, 1.54) is 16.7 Å². The van der Waals surface area contributed by atoms with Crippen molar-refractivity contribution in [1.29, 1.82) is 0 Å². The Balaban J connectivity index is 2.14. The van der Waals surface area contributed by atoms with Crippen LogP contribution in [0.25, 0.3) is 0 Å². The number of hydrogen-bond donors (Lipinski definition) is 2. The van der Waals surface area contributed by atoms with Gasteiger partial charge in [-0.25, -0.2) is 0 Å². The van der Waals surface area contributed by atoms with Gasteiger partial charge in [0.1, 0.15) is 0 Å². The Labute approximate surface area is 123 Å². The van der Waals surface area contributed by atoms with E-state index >= 15 is 0 Å².